The number of amides is 2. The molecule has 6 nitrogen and oxygen atoms in total. The van der Waals surface area contributed by atoms with Crippen LogP contribution < -0.4 is 15.0 Å². The summed E-state index contributed by atoms with van der Waals surface area (Å²) in [6.07, 6.45) is 3.43. The van der Waals surface area contributed by atoms with Crippen LogP contribution in [0.3, 0.4) is 0 Å². The molecule has 2 aromatic carbocycles. The van der Waals surface area contributed by atoms with Gasteiger partial charge in [-0.15, -0.1) is 0 Å². The van der Waals surface area contributed by atoms with E-state index in [0.29, 0.717) is 16.5 Å². The minimum Gasteiger partial charge on any atom is -0.497 e. The monoisotopic (exact) mass is 425 g/mol. The Morgan fingerprint density at radius 1 is 1.14 bits per heavy atom. The van der Waals surface area contributed by atoms with Gasteiger partial charge in [0.15, 0.2) is 5.11 Å². The van der Waals surface area contributed by atoms with E-state index in [1.165, 1.54) is 4.90 Å². The number of thiocarbonyl (C=S) groups is 1. The van der Waals surface area contributed by atoms with Crippen molar-refractivity contribution in [3.8, 4) is 5.75 Å². The summed E-state index contributed by atoms with van der Waals surface area (Å²) < 4.78 is 7.23. The molecular weight excluding hydrogens is 410 g/mol. The number of ether oxygens (including phenoxy) is 1. The van der Waals surface area contributed by atoms with Crippen molar-refractivity contribution in [3.05, 3.63) is 64.8 Å². The van der Waals surface area contributed by atoms with Crippen LogP contribution in [0.25, 0.3) is 17.0 Å². The fourth-order valence-corrected chi connectivity index (χ4v) is 3.69. The van der Waals surface area contributed by atoms with Crippen molar-refractivity contribution in [1.82, 2.24) is 9.88 Å². The van der Waals surface area contributed by atoms with Crippen LogP contribution in [0.4, 0.5) is 5.69 Å². The summed E-state index contributed by atoms with van der Waals surface area (Å²) >= 11 is 11.2. The number of nitrogens with zero attached hydrogens (tertiary/aromatic N) is 2. The number of hydrogen-bond donors (Lipinski definition) is 1. The number of rotatable bonds is 3. The van der Waals surface area contributed by atoms with Crippen molar-refractivity contribution in [1.29, 1.82) is 0 Å². The number of benzene rings is 2. The van der Waals surface area contributed by atoms with E-state index in [-0.39, 0.29) is 10.7 Å². The smallest absolute Gasteiger partial charge is 0.270 e. The molecule has 3 aromatic rings. The molecule has 0 aliphatic carbocycles. The Labute approximate surface area is 177 Å². The maximum Gasteiger partial charge on any atom is 0.270 e. The van der Waals surface area contributed by atoms with Crippen molar-refractivity contribution in [2.75, 3.05) is 12.0 Å². The second-order valence-corrected chi connectivity index (χ2v) is 7.34. The number of fused-ring (bicyclic) bond motifs is 1. The molecule has 1 saturated heterocycles. The third-order valence-electron chi connectivity index (χ3n) is 4.71. The molecule has 1 N–H and O–H groups in total. The van der Waals surface area contributed by atoms with Crippen LogP contribution in [0, 0.1) is 0 Å². The highest BCUT2D eigenvalue weighted by molar-refractivity contribution is 7.80. The first kappa shape index (κ1) is 19.2. The molecule has 0 unspecified atom stereocenters. The molecule has 1 aliphatic rings. The maximum atomic E-state index is 13.1. The first-order chi connectivity index (χ1) is 13.9. The molecule has 29 heavy (non-hydrogen) atoms. The van der Waals surface area contributed by atoms with Gasteiger partial charge in [0.05, 0.1) is 12.8 Å². The largest absolute Gasteiger partial charge is 0.497 e. The predicted molar refractivity (Wildman–Crippen MR) is 117 cm³/mol. The van der Waals surface area contributed by atoms with Crippen molar-refractivity contribution >= 4 is 63.4 Å². The Morgan fingerprint density at radius 3 is 2.55 bits per heavy atom. The van der Waals surface area contributed by atoms with Gasteiger partial charge in [-0.1, -0.05) is 11.6 Å². The molecule has 1 aromatic heterocycles. The van der Waals surface area contributed by atoms with Gasteiger partial charge < -0.3 is 9.30 Å². The molecule has 1 aliphatic heterocycles. The SMILES string of the molecule is COc1ccc2c(c1)c(/C=C1\C(=O)NC(=S)N(c3ccc(Cl)cc3)C1=O)cn2C. The first-order valence-corrected chi connectivity index (χ1v) is 9.48. The normalized spacial score (nSPS) is 15.9. The van der Waals surface area contributed by atoms with Gasteiger partial charge in [0.25, 0.3) is 11.8 Å². The van der Waals surface area contributed by atoms with E-state index in [9.17, 15) is 9.59 Å². The molecule has 2 amide bonds. The lowest BCUT2D eigenvalue weighted by molar-refractivity contribution is -0.122. The Morgan fingerprint density at radius 2 is 1.86 bits per heavy atom. The molecule has 2 heterocycles. The number of carbonyl (C=O) groups is 2. The zero-order valence-corrected chi connectivity index (χ0v) is 17.2. The number of halogens is 1. The van der Waals surface area contributed by atoms with Crippen molar-refractivity contribution in [2.45, 2.75) is 0 Å². The number of aryl methyl sites for hydroxylation is 1. The quantitative estimate of drug-likeness (QED) is 0.395. The summed E-state index contributed by atoms with van der Waals surface area (Å²) in [5, 5.41) is 4.01. The number of carbonyl (C=O) groups excluding carboxylic acids is 2. The summed E-state index contributed by atoms with van der Waals surface area (Å²) in [5.41, 5.74) is 2.19. The Hall–Kier alpha value is -3.16. The molecular formula is C21H16ClN3O3S. The molecule has 8 heteroatoms. The molecule has 0 bridgehead atoms. The van der Waals surface area contributed by atoms with Crippen LogP contribution in [0.2, 0.25) is 5.02 Å². The Balaban J connectivity index is 1.81. The van der Waals surface area contributed by atoms with Crippen LogP contribution in [-0.2, 0) is 16.6 Å². The van der Waals surface area contributed by atoms with Gasteiger partial charge in [-0.3, -0.25) is 19.8 Å². The summed E-state index contributed by atoms with van der Waals surface area (Å²) in [6.45, 7) is 0. The van der Waals surface area contributed by atoms with Crippen LogP contribution in [0.1, 0.15) is 5.56 Å². The van der Waals surface area contributed by atoms with E-state index in [2.05, 4.69) is 5.32 Å². The minimum absolute atomic E-state index is 0.0103. The van der Waals surface area contributed by atoms with Crippen molar-refractivity contribution in [2.24, 2.45) is 7.05 Å². The van der Waals surface area contributed by atoms with Gasteiger partial charge in [-0.25, -0.2) is 0 Å². The Kier molecular flexibility index (Phi) is 4.86. The molecule has 0 saturated carbocycles. The second-order valence-electron chi connectivity index (χ2n) is 6.51. The van der Waals surface area contributed by atoms with Gasteiger partial charge in [-0.2, -0.15) is 0 Å². The van der Waals surface area contributed by atoms with Crippen LogP contribution in [0.5, 0.6) is 5.75 Å². The molecule has 4 rings (SSSR count). The average Bonchev–Trinajstić information content (AvgIpc) is 3.01. The molecule has 1 fully saturated rings. The van der Waals surface area contributed by atoms with Crippen molar-refractivity contribution in [3.63, 3.8) is 0 Å². The molecule has 0 atom stereocenters. The second kappa shape index (κ2) is 7.35. The van der Waals surface area contributed by atoms with Crippen LogP contribution >= 0.6 is 23.8 Å². The summed E-state index contributed by atoms with van der Waals surface area (Å²) in [7, 11) is 3.49. The zero-order valence-electron chi connectivity index (χ0n) is 15.6. The van der Waals surface area contributed by atoms with Crippen LogP contribution in [-0.4, -0.2) is 28.6 Å². The standard InChI is InChI=1S/C21H16ClN3O3S/c1-24-11-12(16-10-15(28-2)7-8-18(16)24)9-17-19(26)23-21(29)25(20(17)27)14-5-3-13(22)4-6-14/h3-11H,1-2H3,(H,23,26,29)/b17-9+. The fraction of sp³-hybridized carbons (Fsp3) is 0.0952. The molecule has 0 spiro atoms. The van der Waals surface area contributed by atoms with E-state index >= 15 is 0 Å². The van der Waals surface area contributed by atoms with Gasteiger partial charge in [-0.05, 0) is 60.8 Å². The van der Waals surface area contributed by atoms with E-state index in [1.54, 1.807) is 37.5 Å². The minimum atomic E-state index is -0.537. The fourth-order valence-electron chi connectivity index (χ4n) is 3.28. The number of anilines is 1. The van der Waals surface area contributed by atoms with Gasteiger partial charge in [0, 0.05) is 34.7 Å². The van der Waals surface area contributed by atoms with Crippen molar-refractivity contribution < 1.29 is 14.3 Å². The highest BCUT2D eigenvalue weighted by Gasteiger charge is 2.34. The number of hydrogen-bond acceptors (Lipinski definition) is 4. The lowest BCUT2D eigenvalue weighted by Crippen LogP contribution is -2.54. The maximum absolute atomic E-state index is 13.1. The van der Waals surface area contributed by atoms with E-state index in [0.717, 1.165) is 16.5 Å². The van der Waals surface area contributed by atoms with E-state index in [1.807, 2.05) is 36.0 Å². The summed E-state index contributed by atoms with van der Waals surface area (Å²) in [5.74, 6) is -0.349. The number of methoxy groups -OCH3 is 1. The lowest BCUT2D eigenvalue weighted by Gasteiger charge is -2.28. The Bertz CT molecular complexity index is 1200. The van der Waals surface area contributed by atoms with Gasteiger partial charge in [0.1, 0.15) is 11.3 Å². The third kappa shape index (κ3) is 3.39. The van der Waals surface area contributed by atoms with E-state index in [4.69, 9.17) is 28.6 Å². The zero-order chi connectivity index (χ0) is 20.7. The topological polar surface area (TPSA) is 63.6 Å². The van der Waals surface area contributed by atoms with Gasteiger partial charge >= 0.3 is 0 Å². The molecule has 0 radical (unpaired) electrons. The molecule has 146 valence electrons. The highest BCUT2D eigenvalue weighted by Crippen LogP contribution is 2.29. The first-order valence-electron chi connectivity index (χ1n) is 8.69. The van der Waals surface area contributed by atoms with Gasteiger partial charge in [0.2, 0.25) is 0 Å². The summed E-state index contributed by atoms with van der Waals surface area (Å²) in [6, 6.07) is 12.3. The van der Waals surface area contributed by atoms with Crippen LogP contribution in [0.15, 0.2) is 54.2 Å². The predicted octanol–water partition coefficient (Wildman–Crippen LogP) is 3.67. The average molecular weight is 426 g/mol. The third-order valence-corrected chi connectivity index (χ3v) is 5.25. The summed E-state index contributed by atoms with van der Waals surface area (Å²) in [4.78, 5) is 27.0. The lowest BCUT2D eigenvalue weighted by atomic mass is 10.1. The van der Waals surface area contributed by atoms with E-state index < -0.39 is 11.8 Å². The highest BCUT2D eigenvalue weighted by atomic mass is 35.5. The number of aromatic nitrogens is 1. The number of nitrogens with one attached hydrogen (secondary N) is 1.